The first kappa shape index (κ1) is 16.4. The van der Waals surface area contributed by atoms with Gasteiger partial charge in [-0.05, 0) is 30.2 Å². The van der Waals surface area contributed by atoms with Gasteiger partial charge >= 0.3 is 0 Å². The van der Waals surface area contributed by atoms with Crippen molar-refractivity contribution < 1.29 is 9.32 Å². The minimum absolute atomic E-state index is 0.0839. The molecule has 4 rings (SSSR count). The first-order chi connectivity index (χ1) is 12.7. The van der Waals surface area contributed by atoms with Crippen LogP contribution in [0.1, 0.15) is 16.1 Å². The summed E-state index contributed by atoms with van der Waals surface area (Å²) in [5.41, 5.74) is 3.01. The number of hydrogen-bond acceptors (Lipinski definition) is 4. The van der Waals surface area contributed by atoms with E-state index in [1.165, 1.54) is 0 Å². The molecule has 0 spiro atoms. The minimum Gasteiger partial charge on any atom is -0.360 e. The van der Waals surface area contributed by atoms with Crippen molar-refractivity contribution in [3.8, 4) is 11.1 Å². The van der Waals surface area contributed by atoms with E-state index in [-0.39, 0.29) is 5.91 Å². The zero-order valence-corrected chi connectivity index (χ0v) is 14.8. The molecule has 0 bridgehead atoms. The highest BCUT2D eigenvalue weighted by Crippen LogP contribution is 2.21. The molecule has 1 aliphatic heterocycles. The van der Waals surface area contributed by atoms with Gasteiger partial charge in [0.15, 0.2) is 5.82 Å². The van der Waals surface area contributed by atoms with Crippen molar-refractivity contribution in [2.75, 3.05) is 31.1 Å². The highest BCUT2D eigenvalue weighted by atomic mass is 16.5. The van der Waals surface area contributed by atoms with Gasteiger partial charge in [-0.1, -0.05) is 47.6 Å². The Morgan fingerprint density at radius 2 is 1.58 bits per heavy atom. The summed E-state index contributed by atoms with van der Waals surface area (Å²) >= 11 is 0. The maximum absolute atomic E-state index is 12.8. The number of anilines is 1. The standard InChI is InChI=1S/C21H21N3O2/c1-16-15-20(22-26-16)23-11-13-24(14-12-23)21(25)19-9-7-18(8-10-19)17-5-3-2-4-6-17/h2-10,15H,11-14H2,1H3. The van der Waals surface area contributed by atoms with Crippen LogP contribution in [-0.2, 0) is 0 Å². The number of carbonyl (C=O) groups excluding carboxylic acids is 1. The Bertz CT molecular complexity index is 879. The smallest absolute Gasteiger partial charge is 0.253 e. The molecule has 0 aliphatic carbocycles. The van der Waals surface area contributed by atoms with Gasteiger partial charge in [0.05, 0.1) is 0 Å². The van der Waals surface area contributed by atoms with Crippen molar-refractivity contribution in [1.29, 1.82) is 0 Å². The lowest BCUT2D eigenvalue weighted by Gasteiger charge is -2.34. The van der Waals surface area contributed by atoms with E-state index in [0.717, 1.165) is 41.4 Å². The van der Waals surface area contributed by atoms with Crippen LogP contribution >= 0.6 is 0 Å². The highest BCUT2D eigenvalue weighted by Gasteiger charge is 2.23. The molecular weight excluding hydrogens is 326 g/mol. The van der Waals surface area contributed by atoms with Gasteiger partial charge in [0.25, 0.3) is 5.91 Å². The van der Waals surface area contributed by atoms with Gasteiger partial charge in [-0.2, -0.15) is 0 Å². The van der Waals surface area contributed by atoms with E-state index in [1.807, 2.05) is 60.4 Å². The molecule has 2 heterocycles. The van der Waals surface area contributed by atoms with Crippen LogP contribution in [0.2, 0.25) is 0 Å². The molecular formula is C21H21N3O2. The Labute approximate surface area is 152 Å². The van der Waals surface area contributed by atoms with Crippen LogP contribution in [-0.4, -0.2) is 42.1 Å². The summed E-state index contributed by atoms with van der Waals surface area (Å²) in [5.74, 6) is 1.74. The first-order valence-electron chi connectivity index (χ1n) is 8.84. The van der Waals surface area contributed by atoms with Crippen molar-refractivity contribution in [2.45, 2.75) is 6.92 Å². The summed E-state index contributed by atoms with van der Waals surface area (Å²) in [6, 6.07) is 20.0. The van der Waals surface area contributed by atoms with Gasteiger partial charge in [0.2, 0.25) is 0 Å². The van der Waals surface area contributed by atoms with Crippen molar-refractivity contribution >= 4 is 11.7 Å². The van der Waals surface area contributed by atoms with Crippen molar-refractivity contribution in [3.05, 3.63) is 72.0 Å². The molecule has 0 saturated carbocycles. The number of amides is 1. The molecule has 132 valence electrons. The Kier molecular flexibility index (Phi) is 4.44. The molecule has 5 nitrogen and oxygen atoms in total. The fourth-order valence-electron chi connectivity index (χ4n) is 3.26. The van der Waals surface area contributed by atoms with Gasteiger partial charge in [-0.15, -0.1) is 0 Å². The second-order valence-corrected chi connectivity index (χ2v) is 6.52. The summed E-state index contributed by atoms with van der Waals surface area (Å²) < 4.78 is 5.14. The number of hydrogen-bond donors (Lipinski definition) is 0. The van der Waals surface area contributed by atoms with Crippen molar-refractivity contribution in [1.82, 2.24) is 10.1 Å². The topological polar surface area (TPSA) is 49.6 Å². The SMILES string of the molecule is Cc1cc(N2CCN(C(=O)c3ccc(-c4ccccc4)cc3)CC2)no1. The van der Waals surface area contributed by atoms with Gasteiger partial charge in [-0.25, -0.2) is 0 Å². The van der Waals surface area contributed by atoms with E-state index in [0.29, 0.717) is 13.1 Å². The third-order valence-electron chi connectivity index (χ3n) is 4.75. The molecule has 0 radical (unpaired) electrons. The van der Waals surface area contributed by atoms with Crippen LogP contribution in [0.25, 0.3) is 11.1 Å². The van der Waals surface area contributed by atoms with E-state index in [1.54, 1.807) is 0 Å². The lowest BCUT2D eigenvalue weighted by atomic mass is 10.0. The van der Waals surface area contributed by atoms with Crippen LogP contribution in [0.3, 0.4) is 0 Å². The lowest BCUT2D eigenvalue weighted by Crippen LogP contribution is -2.48. The normalized spacial score (nSPS) is 14.5. The van der Waals surface area contributed by atoms with E-state index < -0.39 is 0 Å². The molecule has 1 amide bonds. The maximum atomic E-state index is 12.8. The van der Waals surface area contributed by atoms with Crippen molar-refractivity contribution in [3.63, 3.8) is 0 Å². The quantitative estimate of drug-likeness (QED) is 0.726. The molecule has 3 aromatic rings. The van der Waals surface area contributed by atoms with Gasteiger partial charge < -0.3 is 14.3 Å². The molecule has 1 saturated heterocycles. The molecule has 1 fully saturated rings. The largest absolute Gasteiger partial charge is 0.360 e. The van der Waals surface area contributed by atoms with Gasteiger partial charge in [-0.3, -0.25) is 4.79 Å². The molecule has 0 unspecified atom stereocenters. The number of rotatable bonds is 3. The van der Waals surface area contributed by atoms with Crippen molar-refractivity contribution in [2.24, 2.45) is 0 Å². The highest BCUT2D eigenvalue weighted by molar-refractivity contribution is 5.94. The predicted molar refractivity (Wildman–Crippen MR) is 101 cm³/mol. The predicted octanol–water partition coefficient (Wildman–Crippen LogP) is 3.61. The fraction of sp³-hybridized carbons (Fsp3) is 0.238. The molecule has 1 aliphatic rings. The number of benzene rings is 2. The first-order valence-corrected chi connectivity index (χ1v) is 8.84. The van der Waals surface area contributed by atoms with E-state index >= 15 is 0 Å². The number of nitrogens with zero attached hydrogens (tertiary/aromatic N) is 3. The number of aromatic nitrogens is 1. The summed E-state index contributed by atoms with van der Waals surface area (Å²) in [7, 11) is 0. The van der Waals surface area contributed by atoms with Crippen LogP contribution in [0.4, 0.5) is 5.82 Å². The second kappa shape index (κ2) is 7.04. The van der Waals surface area contributed by atoms with E-state index in [4.69, 9.17) is 4.52 Å². The molecule has 0 N–H and O–H groups in total. The number of carbonyl (C=O) groups is 1. The molecule has 5 heteroatoms. The summed E-state index contributed by atoms with van der Waals surface area (Å²) in [4.78, 5) is 16.8. The third-order valence-corrected chi connectivity index (χ3v) is 4.75. The van der Waals surface area contributed by atoms with Gasteiger partial charge in [0.1, 0.15) is 5.76 Å². The number of piperazine rings is 1. The Balaban J connectivity index is 1.40. The molecule has 1 aromatic heterocycles. The zero-order chi connectivity index (χ0) is 17.9. The summed E-state index contributed by atoms with van der Waals surface area (Å²) in [5, 5.41) is 4.05. The Hall–Kier alpha value is -3.08. The van der Waals surface area contributed by atoms with Gasteiger partial charge in [0, 0.05) is 37.8 Å². The molecule has 26 heavy (non-hydrogen) atoms. The summed E-state index contributed by atoms with van der Waals surface area (Å²) in [6.45, 7) is 4.78. The van der Waals surface area contributed by atoms with E-state index in [2.05, 4.69) is 22.2 Å². The Morgan fingerprint density at radius 1 is 0.923 bits per heavy atom. The number of aryl methyl sites for hydroxylation is 1. The van der Waals surface area contributed by atoms with Crippen LogP contribution in [0, 0.1) is 6.92 Å². The minimum atomic E-state index is 0.0839. The third kappa shape index (κ3) is 3.33. The second-order valence-electron chi connectivity index (χ2n) is 6.52. The van der Waals surface area contributed by atoms with Crippen LogP contribution in [0.5, 0.6) is 0 Å². The van der Waals surface area contributed by atoms with Crippen LogP contribution < -0.4 is 4.90 Å². The lowest BCUT2D eigenvalue weighted by molar-refractivity contribution is 0.0746. The van der Waals surface area contributed by atoms with E-state index in [9.17, 15) is 4.79 Å². The average molecular weight is 347 g/mol. The Morgan fingerprint density at radius 3 is 2.19 bits per heavy atom. The zero-order valence-electron chi connectivity index (χ0n) is 14.8. The van der Waals surface area contributed by atoms with Crippen LogP contribution in [0.15, 0.2) is 65.2 Å². The monoisotopic (exact) mass is 347 g/mol. The maximum Gasteiger partial charge on any atom is 0.253 e. The average Bonchev–Trinajstić information content (AvgIpc) is 3.15. The molecule has 2 aromatic carbocycles. The summed E-state index contributed by atoms with van der Waals surface area (Å²) in [6.07, 6.45) is 0. The fourth-order valence-corrected chi connectivity index (χ4v) is 3.26. The molecule has 0 atom stereocenters.